The molecule has 0 radical (unpaired) electrons. The Hall–Kier alpha value is -2.00. The van der Waals surface area contributed by atoms with E-state index in [0.717, 1.165) is 12.8 Å². The van der Waals surface area contributed by atoms with Gasteiger partial charge in [0.15, 0.2) is 8.32 Å². The fraction of sp³-hybridized carbons (Fsp3) is 0.611. The van der Waals surface area contributed by atoms with Crippen molar-refractivity contribution in [2.24, 2.45) is 5.92 Å². The van der Waals surface area contributed by atoms with Crippen molar-refractivity contribution in [3.8, 4) is 0 Å². The number of anilines is 1. The standard InChI is InChI=1S/C36H55ClN4O4SSi2/c1-22(2)48(23(3)4,24(5)6)45-30-17-27(15-25(30)19-44-47(10,11)36(7,8)9)40-35-28(18-38-21-39-35)34(43)31-16-26(20-46-31)33(42)29-13-12-14-32(37)41-29/h12-14,16,18,20-25,27,30,33,42H,15,17,19H2,1-11H3,(H,38,39,40)/t25-,27-,30+,33-/m1/s1. The van der Waals surface area contributed by atoms with Crippen molar-refractivity contribution in [1.29, 1.82) is 0 Å². The maximum absolute atomic E-state index is 13.9. The summed E-state index contributed by atoms with van der Waals surface area (Å²) in [6.07, 6.45) is 3.77. The van der Waals surface area contributed by atoms with Gasteiger partial charge in [-0.3, -0.25) is 4.79 Å². The second-order valence-electron chi connectivity index (χ2n) is 15.8. The summed E-state index contributed by atoms with van der Waals surface area (Å²) < 4.78 is 14.2. The van der Waals surface area contributed by atoms with Crippen LogP contribution in [-0.4, -0.2) is 61.2 Å². The molecule has 0 amide bonds. The van der Waals surface area contributed by atoms with E-state index in [1.165, 1.54) is 17.7 Å². The van der Waals surface area contributed by atoms with Crippen LogP contribution in [0.3, 0.4) is 0 Å². The van der Waals surface area contributed by atoms with Gasteiger partial charge in [-0.1, -0.05) is 80.0 Å². The summed E-state index contributed by atoms with van der Waals surface area (Å²) in [5, 5.41) is 16.7. The first-order valence-electron chi connectivity index (χ1n) is 17.2. The Balaban J connectivity index is 1.58. The van der Waals surface area contributed by atoms with E-state index in [-0.39, 0.29) is 28.9 Å². The molecule has 3 aromatic rings. The van der Waals surface area contributed by atoms with E-state index < -0.39 is 22.7 Å². The molecule has 0 bridgehead atoms. The van der Waals surface area contributed by atoms with Crippen LogP contribution < -0.4 is 5.32 Å². The maximum Gasteiger partial charge on any atom is 0.208 e. The Labute approximate surface area is 298 Å². The van der Waals surface area contributed by atoms with E-state index in [1.807, 2.05) is 0 Å². The van der Waals surface area contributed by atoms with E-state index in [1.54, 1.807) is 35.8 Å². The number of rotatable bonds is 14. The minimum atomic E-state index is -2.16. The molecule has 0 unspecified atom stereocenters. The molecule has 264 valence electrons. The number of pyridine rings is 1. The summed E-state index contributed by atoms with van der Waals surface area (Å²) in [7, 11) is -4.13. The average molecular weight is 732 g/mol. The van der Waals surface area contributed by atoms with Gasteiger partial charge >= 0.3 is 0 Å². The Morgan fingerprint density at radius 2 is 1.77 bits per heavy atom. The average Bonchev–Trinajstić information content (AvgIpc) is 3.64. The number of nitrogens with one attached hydrogen (secondary N) is 1. The monoisotopic (exact) mass is 730 g/mol. The lowest BCUT2D eigenvalue weighted by molar-refractivity contribution is 0.0971. The van der Waals surface area contributed by atoms with Gasteiger partial charge in [-0.2, -0.15) is 0 Å². The van der Waals surface area contributed by atoms with Gasteiger partial charge in [0.05, 0.1) is 22.2 Å². The number of halogens is 1. The van der Waals surface area contributed by atoms with Crippen LogP contribution in [0, 0.1) is 5.92 Å². The Morgan fingerprint density at radius 1 is 1.10 bits per heavy atom. The molecule has 48 heavy (non-hydrogen) atoms. The third-order valence-corrected chi connectivity index (χ3v) is 22.4. The van der Waals surface area contributed by atoms with Gasteiger partial charge in [0, 0.05) is 24.8 Å². The van der Waals surface area contributed by atoms with E-state index in [4.69, 9.17) is 20.5 Å². The van der Waals surface area contributed by atoms with E-state index in [9.17, 15) is 9.90 Å². The molecule has 0 aromatic carbocycles. The van der Waals surface area contributed by atoms with Crippen molar-refractivity contribution in [1.82, 2.24) is 15.0 Å². The third kappa shape index (κ3) is 8.47. The fourth-order valence-electron chi connectivity index (χ4n) is 7.02. The lowest BCUT2D eigenvalue weighted by atomic mass is 10.1. The van der Waals surface area contributed by atoms with E-state index in [2.05, 4.69) is 95.7 Å². The smallest absolute Gasteiger partial charge is 0.208 e. The zero-order chi connectivity index (χ0) is 35.6. The van der Waals surface area contributed by atoms with Crippen LogP contribution in [0.1, 0.15) is 108 Å². The zero-order valence-corrected chi connectivity index (χ0v) is 34.1. The number of nitrogens with zero attached hydrogens (tertiary/aromatic N) is 3. The van der Waals surface area contributed by atoms with E-state index in [0.29, 0.717) is 55.9 Å². The van der Waals surface area contributed by atoms with Crippen LogP contribution in [-0.2, 0) is 8.85 Å². The molecule has 1 saturated carbocycles. The SMILES string of the molecule is CC(C)[Si](O[C@H]1C[C@H](Nc2ncncc2C(=O)c2cc([C@@H](O)c3cccc(Cl)n3)cs2)C[C@@H]1CO[Si](C)(C)C(C)(C)C)(C(C)C)C(C)C. The lowest BCUT2D eigenvalue weighted by Gasteiger charge is -2.45. The van der Waals surface area contributed by atoms with Gasteiger partial charge in [-0.05, 0) is 76.7 Å². The second-order valence-corrected chi connectivity index (χ2v) is 27.3. The largest absolute Gasteiger partial charge is 0.416 e. The van der Waals surface area contributed by atoms with E-state index >= 15 is 0 Å². The van der Waals surface area contributed by atoms with Gasteiger partial charge in [0.25, 0.3) is 0 Å². The van der Waals surface area contributed by atoms with Crippen LogP contribution in [0.2, 0.25) is 39.9 Å². The molecule has 2 N–H and O–H groups in total. The number of aliphatic hydroxyl groups excluding tert-OH is 1. The van der Waals surface area contributed by atoms with Crippen molar-refractivity contribution in [3.05, 3.63) is 69.0 Å². The Kier molecular flexibility index (Phi) is 12.5. The highest BCUT2D eigenvalue weighted by Crippen LogP contribution is 2.47. The van der Waals surface area contributed by atoms with Crippen LogP contribution in [0.15, 0.2) is 42.2 Å². The lowest BCUT2D eigenvalue weighted by Crippen LogP contribution is -2.51. The molecule has 0 spiro atoms. The molecule has 1 aliphatic carbocycles. The first-order chi connectivity index (χ1) is 22.4. The van der Waals surface area contributed by atoms with Gasteiger partial charge in [0.2, 0.25) is 14.1 Å². The highest BCUT2D eigenvalue weighted by Gasteiger charge is 2.50. The molecule has 3 heterocycles. The number of hydrogen-bond acceptors (Lipinski definition) is 9. The number of carbonyl (C=O) groups is 1. The topological polar surface area (TPSA) is 106 Å². The fourth-order valence-corrected chi connectivity index (χ4v) is 14.8. The summed E-state index contributed by atoms with van der Waals surface area (Å²) in [6.45, 7) is 26.1. The third-order valence-electron chi connectivity index (χ3n) is 10.6. The van der Waals surface area contributed by atoms with Crippen LogP contribution in [0.25, 0.3) is 0 Å². The quantitative estimate of drug-likeness (QED) is 0.0960. The van der Waals surface area contributed by atoms with Crippen LogP contribution in [0.5, 0.6) is 0 Å². The summed E-state index contributed by atoms with van der Waals surface area (Å²) in [4.78, 5) is 27.3. The summed E-state index contributed by atoms with van der Waals surface area (Å²) in [6, 6.07) is 6.87. The number of aromatic nitrogens is 3. The molecule has 0 saturated heterocycles. The van der Waals surface area contributed by atoms with Gasteiger partial charge in [-0.15, -0.1) is 11.3 Å². The van der Waals surface area contributed by atoms with Crippen molar-refractivity contribution >= 4 is 51.2 Å². The Morgan fingerprint density at radius 3 is 2.38 bits per heavy atom. The molecule has 12 heteroatoms. The van der Waals surface area contributed by atoms with Gasteiger partial charge < -0.3 is 19.3 Å². The van der Waals surface area contributed by atoms with Gasteiger partial charge in [0.1, 0.15) is 23.4 Å². The number of aliphatic hydroxyl groups is 1. The summed E-state index contributed by atoms with van der Waals surface area (Å²) in [5.74, 6) is 0.536. The highest BCUT2D eigenvalue weighted by atomic mass is 35.5. The van der Waals surface area contributed by atoms with Crippen LogP contribution in [0.4, 0.5) is 5.82 Å². The minimum absolute atomic E-state index is 0.0496. The zero-order valence-electron chi connectivity index (χ0n) is 30.5. The summed E-state index contributed by atoms with van der Waals surface area (Å²) in [5.41, 5.74) is 2.83. The molecular weight excluding hydrogens is 676 g/mol. The first kappa shape index (κ1) is 38.8. The number of thiophene rings is 1. The van der Waals surface area contributed by atoms with Crippen LogP contribution >= 0.6 is 22.9 Å². The van der Waals surface area contributed by atoms with Crippen molar-refractivity contribution < 1.29 is 18.8 Å². The molecule has 8 nitrogen and oxygen atoms in total. The first-order valence-corrected chi connectivity index (χ1v) is 23.5. The number of carbonyl (C=O) groups excluding carboxylic acids is 1. The molecular formula is C36H55ClN4O4SSi2. The number of hydrogen-bond donors (Lipinski definition) is 2. The molecule has 4 rings (SSSR count). The predicted octanol–water partition coefficient (Wildman–Crippen LogP) is 9.67. The molecule has 1 fully saturated rings. The van der Waals surface area contributed by atoms with Crippen molar-refractivity contribution in [3.63, 3.8) is 0 Å². The maximum atomic E-state index is 13.9. The molecule has 4 atom stereocenters. The highest BCUT2D eigenvalue weighted by molar-refractivity contribution is 7.12. The second kappa shape index (κ2) is 15.5. The summed E-state index contributed by atoms with van der Waals surface area (Å²) >= 11 is 7.31. The minimum Gasteiger partial charge on any atom is -0.416 e. The predicted molar refractivity (Wildman–Crippen MR) is 202 cm³/mol. The normalized spacial score (nSPS) is 19.8. The number of ketones is 1. The van der Waals surface area contributed by atoms with Gasteiger partial charge in [-0.25, -0.2) is 15.0 Å². The molecule has 3 aromatic heterocycles. The van der Waals surface area contributed by atoms with Crippen molar-refractivity contribution in [2.45, 2.75) is 128 Å². The molecule has 0 aliphatic heterocycles. The Bertz CT molecular complexity index is 1520. The van der Waals surface area contributed by atoms with Crippen molar-refractivity contribution in [2.75, 3.05) is 11.9 Å². The molecule has 1 aliphatic rings.